The molecule has 0 aliphatic heterocycles. The van der Waals surface area contributed by atoms with E-state index in [0.717, 1.165) is 0 Å². The number of benzene rings is 2. The predicted molar refractivity (Wildman–Crippen MR) is 100 cm³/mol. The summed E-state index contributed by atoms with van der Waals surface area (Å²) in [5.41, 5.74) is 1.21. The lowest BCUT2D eigenvalue weighted by atomic mass is 10.2. The first-order valence-electron chi connectivity index (χ1n) is 7.57. The van der Waals surface area contributed by atoms with E-state index in [1.54, 1.807) is 49.4 Å². The van der Waals surface area contributed by atoms with E-state index in [4.69, 9.17) is 23.2 Å². The average molecular weight is 377 g/mol. The Bertz CT molecular complexity index is 902. The number of aromatic nitrogens is 2. The maximum absolute atomic E-state index is 13.7. The molecule has 1 heterocycles. The maximum atomic E-state index is 13.7. The monoisotopic (exact) mass is 376 g/mol. The van der Waals surface area contributed by atoms with Crippen LogP contribution in [0.2, 0.25) is 10.0 Å². The number of anilines is 3. The first kappa shape index (κ1) is 17.5. The fourth-order valence-corrected chi connectivity index (χ4v) is 2.64. The molecule has 128 valence electrons. The van der Waals surface area contributed by atoms with Crippen LogP contribution in [0.5, 0.6) is 0 Å². The van der Waals surface area contributed by atoms with Crippen molar-refractivity contribution in [2.75, 3.05) is 10.6 Å². The Morgan fingerprint density at radius 3 is 2.56 bits per heavy atom. The highest BCUT2D eigenvalue weighted by Crippen LogP contribution is 2.31. The van der Waals surface area contributed by atoms with Gasteiger partial charge in [-0.2, -0.15) is 0 Å². The largest absolute Gasteiger partial charge is 0.366 e. The number of hydrogen-bond donors (Lipinski definition) is 2. The fourth-order valence-electron chi connectivity index (χ4n) is 2.29. The van der Waals surface area contributed by atoms with Gasteiger partial charge in [-0.05, 0) is 25.1 Å². The first-order valence-corrected chi connectivity index (χ1v) is 8.32. The van der Waals surface area contributed by atoms with Gasteiger partial charge in [-0.3, -0.25) is 0 Å². The van der Waals surface area contributed by atoms with Crippen molar-refractivity contribution in [2.45, 2.75) is 13.5 Å². The number of halogens is 3. The number of rotatable bonds is 5. The van der Waals surface area contributed by atoms with E-state index < -0.39 is 0 Å². The van der Waals surface area contributed by atoms with Gasteiger partial charge in [0.1, 0.15) is 23.3 Å². The van der Waals surface area contributed by atoms with Crippen molar-refractivity contribution in [3.05, 3.63) is 75.8 Å². The fraction of sp³-hybridized carbons (Fsp3) is 0.111. The Balaban J connectivity index is 1.78. The van der Waals surface area contributed by atoms with Gasteiger partial charge in [0.2, 0.25) is 0 Å². The molecule has 0 aliphatic rings. The zero-order valence-electron chi connectivity index (χ0n) is 13.4. The van der Waals surface area contributed by atoms with Gasteiger partial charge in [0.25, 0.3) is 0 Å². The summed E-state index contributed by atoms with van der Waals surface area (Å²) in [6.07, 6.45) is 0. The summed E-state index contributed by atoms with van der Waals surface area (Å²) in [5.74, 6) is 1.45. The van der Waals surface area contributed by atoms with Crippen LogP contribution < -0.4 is 10.6 Å². The van der Waals surface area contributed by atoms with Crippen molar-refractivity contribution in [1.29, 1.82) is 0 Å². The smallest absolute Gasteiger partial charge is 0.136 e. The van der Waals surface area contributed by atoms with Crippen molar-refractivity contribution >= 4 is 40.5 Å². The van der Waals surface area contributed by atoms with Crippen LogP contribution in [0.25, 0.3) is 0 Å². The molecule has 7 heteroatoms. The molecule has 3 aromatic rings. The van der Waals surface area contributed by atoms with Crippen molar-refractivity contribution in [1.82, 2.24) is 9.97 Å². The molecule has 0 fully saturated rings. The van der Waals surface area contributed by atoms with Gasteiger partial charge in [0, 0.05) is 18.2 Å². The Morgan fingerprint density at radius 1 is 1.00 bits per heavy atom. The van der Waals surface area contributed by atoms with Gasteiger partial charge in [0.15, 0.2) is 0 Å². The number of aryl methyl sites for hydroxylation is 1. The van der Waals surface area contributed by atoms with Crippen LogP contribution in [0.4, 0.5) is 21.7 Å². The second kappa shape index (κ2) is 7.68. The van der Waals surface area contributed by atoms with Gasteiger partial charge < -0.3 is 10.6 Å². The average Bonchev–Trinajstić information content (AvgIpc) is 2.58. The molecule has 0 aliphatic carbocycles. The minimum atomic E-state index is -0.259. The molecule has 0 saturated carbocycles. The third-order valence-electron chi connectivity index (χ3n) is 3.47. The lowest BCUT2D eigenvalue weighted by molar-refractivity contribution is 0.613. The van der Waals surface area contributed by atoms with Gasteiger partial charge >= 0.3 is 0 Å². The van der Waals surface area contributed by atoms with Crippen LogP contribution in [-0.2, 0) is 6.54 Å². The Morgan fingerprint density at radius 2 is 1.76 bits per heavy atom. The van der Waals surface area contributed by atoms with E-state index in [0.29, 0.717) is 45.3 Å². The molecule has 0 unspecified atom stereocenters. The Hall–Kier alpha value is -2.37. The van der Waals surface area contributed by atoms with Crippen LogP contribution in [0.3, 0.4) is 0 Å². The summed E-state index contributed by atoms with van der Waals surface area (Å²) in [6, 6.07) is 13.6. The molecular weight excluding hydrogens is 362 g/mol. The third-order valence-corrected chi connectivity index (χ3v) is 4.29. The van der Waals surface area contributed by atoms with Gasteiger partial charge in [-0.25, -0.2) is 14.4 Å². The molecular formula is C18H15Cl2FN4. The normalized spacial score (nSPS) is 10.6. The Kier molecular flexibility index (Phi) is 5.36. The molecule has 1 aromatic heterocycles. The highest BCUT2D eigenvalue weighted by atomic mass is 35.5. The molecule has 4 nitrogen and oxygen atoms in total. The molecule has 3 rings (SSSR count). The van der Waals surface area contributed by atoms with Gasteiger partial charge in [-0.15, -0.1) is 0 Å². The van der Waals surface area contributed by atoms with Crippen molar-refractivity contribution in [2.24, 2.45) is 0 Å². The molecule has 2 aromatic carbocycles. The number of hydrogen-bond acceptors (Lipinski definition) is 4. The van der Waals surface area contributed by atoms with E-state index in [9.17, 15) is 4.39 Å². The molecule has 0 spiro atoms. The summed E-state index contributed by atoms with van der Waals surface area (Å²) in [6.45, 7) is 2.10. The summed E-state index contributed by atoms with van der Waals surface area (Å²) in [7, 11) is 0. The molecule has 2 N–H and O–H groups in total. The van der Waals surface area contributed by atoms with Crippen LogP contribution >= 0.6 is 23.2 Å². The summed E-state index contributed by atoms with van der Waals surface area (Å²) in [4.78, 5) is 8.65. The summed E-state index contributed by atoms with van der Waals surface area (Å²) >= 11 is 12.2. The maximum Gasteiger partial charge on any atom is 0.136 e. The SMILES string of the molecule is Cc1nc(NCc2ccccc2F)cc(Nc2cccc(Cl)c2Cl)n1. The predicted octanol–water partition coefficient (Wildman–Crippen LogP) is 5.59. The lowest BCUT2D eigenvalue weighted by Crippen LogP contribution is -2.06. The van der Waals surface area contributed by atoms with Crippen molar-refractivity contribution in [3.8, 4) is 0 Å². The lowest BCUT2D eigenvalue weighted by Gasteiger charge is -2.12. The van der Waals surface area contributed by atoms with Crippen molar-refractivity contribution in [3.63, 3.8) is 0 Å². The van der Waals surface area contributed by atoms with Gasteiger partial charge in [-0.1, -0.05) is 47.5 Å². The van der Waals surface area contributed by atoms with Gasteiger partial charge in [0.05, 0.1) is 15.7 Å². The second-order valence-corrected chi connectivity index (χ2v) is 6.14. The van der Waals surface area contributed by atoms with Crippen molar-refractivity contribution < 1.29 is 4.39 Å². The highest BCUT2D eigenvalue weighted by Gasteiger charge is 2.08. The van der Waals surface area contributed by atoms with Crippen LogP contribution in [-0.4, -0.2) is 9.97 Å². The molecule has 0 atom stereocenters. The standard InChI is InChI=1S/C18H15Cl2FN4/c1-11-23-16(22-10-12-5-2-3-7-14(12)21)9-17(24-11)25-15-8-4-6-13(19)18(15)20/h2-9H,10H2,1H3,(H2,22,23,24,25). The van der Waals surface area contributed by atoms with E-state index >= 15 is 0 Å². The molecule has 0 saturated heterocycles. The Labute approximate surface area is 155 Å². The number of nitrogens with zero attached hydrogens (tertiary/aromatic N) is 2. The summed E-state index contributed by atoms with van der Waals surface area (Å²) in [5, 5.41) is 7.10. The minimum Gasteiger partial charge on any atom is -0.366 e. The summed E-state index contributed by atoms with van der Waals surface area (Å²) < 4.78 is 13.7. The van der Waals surface area contributed by atoms with Crippen LogP contribution in [0, 0.1) is 12.7 Å². The quantitative estimate of drug-likeness (QED) is 0.609. The zero-order chi connectivity index (χ0) is 17.8. The van der Waals surface area contributed by atoms with Crippen LogP contribution in [0.15, 0.2) is 48.5 Å². The molecule has 0 amide bonds. The van der Waals surface area contributed by atoms with E-state index in [2.05, 4.69) is 20.6 Å². The topological polar surface area (TPSA) is 49.8 Å². The minimum absolute atomic E-state index is 0.259. The molecule has 0 bridgehead atoms. The van der Waals surface area contributed by atoms with Crippen LogP contribution in [0.1, 0.15) is 11.4 Å². The molecule has 0 radical (unpaired) electrons. The van der Waals surface area contributed by atoms with E-state index in [-0.39, 0.29) is 5.82 Å². The second-order valence-electron chi connectivity index (χ2n) is 5.36. The molecule has 25 heavy (non-hydrogen) atoms. The highest BCUT2D eigenvalue weighted by molar-refractivity contribution is 6.43. The third kappa shape index (κ3) is 4.38. The first-order chi connectivity index (χ1) is 12.0. The number of nitrogens with one attached hydrogen (secondary N) is 2. The van der Waals surface area contributed by atoms with E-state index in [1.165, 1.54) is 6.07 Å². The zero-order valence-corrected chi connectivity index (χ0v) is 14.9. The van der Waals surface area contributed by atoms with E-state index in [1.807, 2.05) is 0 Å².